The van der Waals surface area contributed by atoms with Crippen molar-refractivity contribution in [2.75, 3.05) is 31.1 Å². The lowest BCUT2D eigenvalue weighted by molar-refractivity contribution is 0.186. The van der Waals surface area contributed by atoms with Crippen LogP contribution in [0.25, 0.3) is 27.5 Å². The lowest BCUT2D eigenvalue weighted by Gasteiger charge is -2.39. The average Bonchev–Trinajstić information content (AvgIpc) is 2.93. The summed E-state index contributed by atoms with van der Waals surface area (Å²) in [5, 5.41) is 3.23. The van der Waals surface area contributed by atoms with Crippen molar-refractivity contribution in [3.8, 4) is 11.1 Å². The summed E-state index contributed by atoms with van der Waals surface area (Å²) in [5.41, 5.74) is 5.94. The predicted molar refractivity (Wildman–Crippen MR) is 162 cm³/mol. The van der Waals surface area contributed by atoms with Crippen molar-refractivity contribution < 1.29 is 0 Å². The first-order valence-corrected chi connectivity index (χ1v) is 13.7. The number of nitrogens with zero attached hydrogens (tertiary/aromatic N) is 2. The third-order valence-electron chi connectivity index (χ3n) is 7.10. The van der Waals surface area contributed by atoms with Crippen LogP contribution >= 0.6 is 11.6 Å². The molecule has 1 aliphatic rings. The number of fused-ring (bicyclic) bond motifs is 1. The number of anilines is 1. The van der Waals surface area contributed by atoms with Crippen molar-refractivity contribution in [3.63, 3.8) is 0 Å². The van der Waals surface area contributed by atoms with Gasteiger partial charge in [0.1, 0.15) is 0 Å². The Bertz CT molecular complexity index is 1180. The Labute approximate surface area is 223 Å². The van der Waals surface area contributed by atoms with E-state index in [1.54, 1.807) is 6.08 Å². The molecule has 36 heavy (non-hydrogen) atoms. The summed E-state index contributed by atoms with van der Waals surface area (Å²) in [4.78, 5) is 5.17. The molecule has 1 heterocycles. The predicted octanol–water partition coefficient (Wildman–Crippen LogP) is 9.25. The Morgan fingerprint density at radius 1 is 0.944 bits per heavy atom. The molecule has 190 valence electrons. The van der Waals surface area contributed by atoms with Gasteiger partial charge < -0.3 is 9.80 Å². The third-order valence-corrected chi connectivity index (χ3v) is 7.33. The number of hydrogen-bond donors (Lipinski definition) is 0. The molecule has 4 rings (SSSR count). The summed E-state index contributed by atoms with van der Waals surface area (Å²) in [6, 6.07) is 20.3. The maximum atomic E-state index is 6.40. The van der Waals surface area contributed by atoms with E-state index in [4.69, 9.17) is 11.6 Å². The van der Waals surface area contributed by atoms with E-state index in [-0.39, 0.29) is 0 Å². The summed E-state index contributed by atoms with van der Waals surface area (Å²) in [7, 11) is 0. The fraction of sp³-hybridized carbons (Fsp3) is 0.333. The van der Waals surface area contributed by atoms with Crippen molar-refractivity contribution in [2.24, 2.45) is 0 Å². The molecule has 0 unspecified atom stereocenters. The van der Waals surface area contributed by atoms with Gasteiger partial charge in [-0.1, -0.05) is 101 Å². The molecule has 0 spiro atoms. The summed E-state index contributed by atoms with van der Waals surface area (Å²) < 4.78 is 0. The van der Waals surface area contributed by atoms with Crippen LogP contribution in [-0.2, 0) is 0 Å². The van der Waals surface area contributed by atoms with E-state index in [9.17, 15) is 0 Å². The minimum absolute atomic E-state index is 0.686. The van der Waals surface area contributed by atoms with E-state index in [0.717, 1.165) is 42.3 Å². The quantitative estimate of drug-likeness (QED) is 0.284. The van der Waals surface area contributed by atoms with Gasteiger partial charge >= 0.3 is 0 Å². The Kier molecular flexibility index (Phi) is 10.4. The van der Waals surface area contributed by atoms with E-state index in [2.05, 4.69) is 85.3 Å². The molecule has 1 saturated heterocycles. The van der Waals surface area contributed by atoms with Crippen LogP contribution in [0.1, 0.15) is 46.1 Å². The number of benzene rings is 3. The van der Waals surface area contributed by atoms with E-state index in [1.165, 1.54) is 40.4 Å². The van der Waals surface area contributed by atoms with Crippen LogP contribution in [0.15, 0.2) is 86.0 Å². The van der Waals surface area contributed by atoms with Crippen LogP contribution in [-0.4, -0.2) is 37.1 Å². The highest BCUT2D eigenvalue weighted by molar-refractivity contribution is 6.31. The largest absolute Gasteiger partial charge is 0.371 e. The molecule has 0 N–H and O–H groups in total. The van der Waals surface area contributed by atoms with Gasteiger partial charge in [-0.3, -0.25) is 0 Å². The molecule has 1 aliphatic heterocycles. The highest BCUT2D eigenvalue weighted by Gasteiger charge is 2.24. The number of halogens is 1. The topological polar surface area (TPSA) is 6.48 Å². The molecule has 2 nitrogen and oxygen atoms in total. The summed E-state index contributed by atoms with van der Waals surface area (Å²) >= 11 is 6.40. The van der Waals surface area contributed by atoms with Gasteiger partial charge in [-0.2, -0.15) is 0 Å². The lowest BCUT2D eigenvalue weighted by Crippen LogP contribution is -2.44. The molecule has 0 atom stereocenters. The summed E-state index contributed by atoms with van der Waals surface area (Å²) in [5.74, 6) is 0. The molecular formula is C33H41ClN2. The van der Waals surface area contributed by atoms with Gasteiger partial charge in [0.15, 0.2) is 0 Å². The SMILES string of the molecule is C=C/C=C(\C=C)c1ccc(-c2cc(N3CCC(N(CC)CC)CC3)c3ccc(Cl)cc3c2)cc1.CC. The molecule has 0 radical (unpaired) electrons. The van der Waals surface area contributed by atoms with E-state index in [1.807, 2.05) is 32.1 Å². The Balaban J connectivity index is 0.00000176. The van der Waals surface area contributed by atoms with Gasteiger partial charge in [-0.25, -0.2) is 0 Å². The zero-order valence-electron chi connectivity index (χ0n) is 22.4. The Hall–Kier alpha value is -2.81. The molecule has 0 aromatic heterocycles. The normalized spacial score (nSPS) is 14.5. The van der Waals surface area contributed by atoms with Gasteiger partial charge in [0.25, 0.3) is 0 Å². The van der Waals surface area contributed by atoms with Crippen LogP contribution in [0.2, 0.25) is 5.02 Å². The first-order chi connectivity index (χ1) is 17.6. The van der Waals surface area contributed by atoms with E-state index >= 15 is 0 Å². The second-order valence-electron chi connectivity index (χ2n) is 8.94. The van der Waals surface area contributed by atoms with Gasteiger partial charge in [0, 0.05) is 35.2 Å². The van der Waals surface area contributed by atoms with Gasteiger partial charge in [-0.05, 0) is 77.8 Å². The van der Waals surface area contributed by atoms with E-state index in [0.29, 0.717) is 6.04 Å². The smallest absolute Gasteiger partial charge is 0.0452 e. The number of hydrogen-bond acceptors (Lipinski definition) is 2. The van der Waals surface area contributed by atoms with Crippen LogP contribution in [0.3, 0.4) is 0 Å². The first-order valence-electron chi connectivity index (χ1n) is 13.4. The maximum Gasteiger partial charge on any atom is 0.0452 e. The van der Waals surface area contributed by atoms with Crippen molar-refractivity contribution >= 4 is 33.6 Å². The molecular weight excluding hydrogens is 460 g/mol. The van der Waals surface area contributed by atoms with Crippen molar-refractivity contribution in [3.05, 3.63) is 96.6 Å². The molecule has 3 heteroatoms. The molecule has 3 aromatic carbocycles. The lowest BCUT2D eigenvalue weighted by atomic mass is 9.95. The Morgan fingerprint density at radius 2 is 1.61 bits per heavy atom. The van der Waals surface area contributed by atoms with E-state index < -0.39 is 0 Å². The van der Waals surface area contributed by atoms with Gasteiger partial charge in [-0.15, -0.1) is 0 Å². The number of allylic oxidation sites excluding steroid dienone is 4. The average molecular weight is 501 g/mol. The van der Waals surface area contributed by atoms with Crippen molar-refractivity contribution in [1.82, 2.24) is 4.90 Å². The minimum atomic E-state index is 0.686. The molecule has 0 bridgehead atoms. The molecule has 0 aliphatic carbocycles. The monoisotopic (exact) mass is 500 g/mol. The maximum absolute atomic E-state index is 6.40. The molecule has 0 saturated carbocycles. The second kappa shape index (κ2) is 13.5. The van der Waals surface area contributed by atoms with Crippen LogP contribution in [0.4, 0.5) is 5.69 Å². The highest BCUT2D eigenvalue weighted by atomic mass is 35.5. The summed E-state index contributed by atoms with van der Waals surface area (Å²) in [6.45, 7) is 20.7. The number of rotatable bonds is 8. The molecule has 0 amide bonds. The summed E-state index contributed by atoms with van der Waals surface area (Å²) in [6.07, 6.45) is 8.06. The van der Waals surface area contributed by atoms with Crippen molar-refractivity contribution in [2.45, 2.75) is 46.6 Å². The zero-order valence-corrected chi connectivity index (χ0v) is 23.2. The van der Waals surface area contributed by atoms with Gasteiger partial charge in [0.2, 0.25) is 0 Å². The zero-order chi connectivity index (χ0) is 26.1. The standard InChI is InChI=1S/C31H35ClN2.C2H6/c1-5-9-23(6-2)24-10-12-25(13-11-24)26-20-27-21-28(32)14-15-30(27)31(22-26)34-18-16-29(17-19-34)33(7-3)8-4;1-2/h5-6,9-15,20-22,29H,1-2,7-8,16-19H2,3-4H3;1-2H3/b23-9+;. The fourth-order valence-corrected chi connectivity index (χ4v) is 5.41. The molecule has 3 aromatic rings. The van der Waals surface area contributed by atoms with Crippen LogP contribution in [0.5, 0.6) is 0 Å². The highest BCUT2D eigenvalue weighted by Crippen LogP contribution is 2.36. The van der Waals surface area contributed by atoms with Gasteiger partial charge in [0.05, 0.1) is 0 Å². The van der Waals surface area contributed by atoms with Crippen LogP contribution in [0, 0.1) is 0 Å². The van der Waals surface area contributed by atoms with Crippen molar-refractivity contribution in [1.29, 1.82) is 0 Å². The van der Waals surface area contributed by atoms with Crippen LogP contribution < -0.4 is 4.90 Å². The second-order valence-corrected chi connectivity index (χ2v) is 9.38. The Morgan fingerprint density at radius 3 is 2.19 bits per heavy atom. The minimum Gasteiger partial charge on any atom is -0.371 e. The number of piperidine rings is 1. The molecule has 1 fully saturated rings. The third kappa shape index (κ3) is 6.30. The fourth-order valence-electron chi connectivity index (χ4n) is 5.22. The first kappa shape index (κ1) is 27.8.